The van der Waals surface area contributed by atoms with Gasteiger partial charge in [-0.2, -0.15) is 0 Å². The molecule has 2 atom stereocenters. The minimum atomic E-state index is -0.408. The number of amides is 1. The number of ether oxygens (including phenoxy) is 3. The summed E-state index contributed by atoms with van der Waals surface area (Å²) in [7, 11) is 0. The highest BCUT2D eigenvalue weighted by atomic mass is 16.5. The van der Waals surface area contributed by atoms with Gasteiger partial charge in [0.05, 0.1) is 25.8 Å². The Hall–Kier alpha value is -2.44. The van der Waals surface area contributed by atoms with Crippen LogP contribution in [0.1, 0.15) is 29.5 Å². The molecular formula is C23H26N2O4. The predicted octanol–water partition coefficient (Wildman–Crippen LogP) is 2.67. The largest absolute Gasteiger partial charge is 0.480 e. The Morgan fingerprint density at radius 2 is 2.17 bits per heavy atom. The molecule has 0 unspecified atom stereocenters. The Morgan fingerprint density at radius 1 is 1.31 bits per heavy atom. The van der Waals surface area contributed by atoms with Crippen LogP contribution in [0.4, 0.5) is 0 Å². The molecule has 0 aliphatic carbocycles. The van der Waals surface area contributed by atoms with E-state index >= 15 is 0 Å². The van der Waals surface area contributed by atoms with Crippen molar-refractivity contribution in [2.75, 3.05) is 19.7 Å². The Kier molecular flexibility index (Phi) is 4.76. The summed E-state index contributed by atoms with van der Waals surface area (Å²) in [5.74, 6) is 0.887. The van der Waals surface area contributed by atoms with E-state index in [1.54, 1.807) is 0 Å². The minimum Gasteiger partial charge on any atom is -0.480 e. The maximum atomic E-state index is 12.9. The van der Waals surface area contributed by atoms with Gasteiger partial charge in [-0.05, 0) is 36.1 Å². The number of aromatic nitrogens is 1. The molecule has 0 bridgehead atoms. The lowest BCUT2D eigenvalue weighted by Gasteiger charge is -2.53. The average Bonchev–Trinajstić information content (AvgIpc) is 3.14. The zero-order valence-electron chi connectivity index (χ0n) is 16.7. The third-order valence-corrected chi connectivity index (χ3v) is 6.06. The van der Waals surface area contributed by atoms with E-state index < -0.39 is 6.10 Å². The fraction of sp³-hybridized carbons (Fsp3) is 0.478. The average molecular weight is 394 g/mol. The molecule has 4 heterocycles. The number of benzene rings is 1. The SMILES string of the molecule is Cc1cncc(CO[C@H]2CCOC3(C2)CN(C(=O)[C@H]2Cc4ccccc4O2)C3)c1. The molecule has 1 aromatic carbocycles. The highest BCUT2D eigenvalue weighted by Crippen LogP contribution is 2.37. The van der Waals surface area contributed by atoms with E-state index in [2.05, 4.69) is 11.1 Å². The van der Waals surface area contributed by atoms with Crippen molar-refractivity contribution >= 4 is 5.91 Å². The topological polar surface area (TPSA) is 60.9 Å². The van der Waals surface area contributed by atoms with Gasteiger partial charge in [0.15, 0.2) is 6.10 Å². The number of aryl methyl sites for hydroxylation is 1. The van der Waals surface area contributed by atoms with Crippen molar-refractivity contribution in [3.8, 4) is 5.75 Å². The molecule has 6 nitrogen and oxygen atoms in total. The van der Waals surface area contributed by atoms with Crippen molar-refractivity contribution in [1.82, 2.24) is 9.88 Å². The Labute approximate surface area is 170 Å². The van der Waals surface area contributed by atoms with Crippen molar-refractivity contribution in [3.05, 3.63) is 59.4 Å². The molecule has 29 heavy (non-hydrogen) atoms. The van der Waals surface area contributed by atoms with Gasteiger partial charge in [-0.3, -0.25) is 9.78 Å². The van der Waals surface area contributed by atoms with E-state index in [1.807, 2.05) is 48.5 Å². The van der Waals surface area contributed by atoms with Gasteiger partial charge in [0.25, 0.3) is 5.91 Å². The quantitative estimate of drug-likeness (QED) is 0.798. The first-order chi connectivity index (χ1) is 14.1. The molecule has 2 fully saturated rings. The summed E-state index contributed by atoms with van der Waals surface area (Å²) < 4.78 is 18.1. The number of carbonyl (C=O) groups excluding carboxylic acids is 1. The molecule has 1 spiro atoms. The van der Waals surface area contributed by atoms with Gasteiger partial charge in [0, 0.05) is 31.8 Å². The molecule has 6 heteroatoms. The zero-order chi connectivity index (χ0) is 19.8. The van der Waals surface area contributed by atoms with Crippen molar-refractivity contribution in [2.45, 2.75) is 50.6 Å². The lowest BCUT2D eigenvalue weighted by atomic mass is 9.84. The molecule has 0 N–H and O–H groups in total. The van der Waals surface area contributed by atoms with Gasteiger partial charge < -0.3 is 19.1 Å². The fourth-order valence-corrected chi connectivity index (χ4v) is 4.58. The summed E-state index contributed by atoms with van der Waals surface area (Å²) >= 11 is 0. The van der Waals surface area contributed by atoms with Crippen molar-refractivity contribution in [3.63, 3.8) is 0 Å². The Bertz CT molecular complexity index is 884. The van der Waals surface area contributed by atoms with E-state index in [1.165, 1.54) is 0 Å². The van der Waals surface area contributed by atoms with E-state index in [-0.39, 0.29) is 17.6 Å². The van der Waals surface area contributed by atoms with Crippen LogP contribution in [-0.2, 0) is 27.3 Å². The lowest BCUT2D eigenvalue weighted by Crippen LogP contribution is -2.68. The Morgan fingerprint density at radius 3 is 3.00 bits per heavy atom. The van der Waals surface area contributed by atoms with Gasteiger partial charge in [-0.15, -0.1) is 0 Å². The number of para-hydroxylation sites is 1. The summed E-state index contributed by atoms with van der Waals surface area (Å²) in [6.45, 7) is 4.50. The summed E-state index contributed by atoms with van der Waals surface area (Å²) in [6, 6.07) is 9.97. The van der Waals surface area contributed by atoms with E-state index in [0.29, 0.717) is 32.7 Å². The molecule has 3 aliphatic rings. The summed E-state index contributed by atoms with van der Waals surface area (Å²) in [5, 5.41) is 0. The van der Waals surface area contributed by atoms with Crippen LogP contribution in [0.25, 0.3) is 0 Å². The molecule has 2 saturated heterocycles. The lowest BCUT2D eigenvalue weighted by molar-refractivity contribution is -0.205. The third-order valence-electron chi connectivity index (χ3n) is 6.06. The highest BCUT2D eigenvalue weighted by molar-refractivity contribution is 5.83. The second kappa shape index (κ2) is 7.43. The molecule has 1 amide bonds. The summed E-state index contributed by atoms with van der Waals surface area (Å²) in [5.41, 5.74) is 3.07. The standard InChI is InChI=1S/C23H26N2O4/c1-16-8-17(12-24-11-16)13-27-19-6-7-28-23(10-19)14-25(15-23)22(26)21-9-18-4-2-3-5-20(18)29-21/h2-5,8,11-12,19,21H,6-7,9-10,13-15H2,1H3/t19-,21+/m0/s1. The Balaban J connectivity index is 1.14. The number of likely N-dealkylation sites (tertiary alicyclic amines) is 1. The van der Waals surface area contributed by atoms with Crippen molar-refractivity contribution < 1.29 is 19.0 Å². The first-order valence-electron chi connectivity index (χ1n) is 10.3. The molecule has 5 rings (SSSR count). The number of pyridine rings is 1. The van der Waals surface area contributed by atoms with Gasteiger partial charge in [-0.25, -0.2) is 0 Å². The second-order valence-electron chi connectivity index (χ2n) is 8.44. The number of carbonyl (C=O) groups is 1. The van der Waals surface area contributed by atoms with E-state index in [0.717, 1.165) is 35.3 Å². The fourth-order valence-electron chi connectivity index (χ4n) is 4.58. The molecular weight excluding hydrogens is 368 g/mol. The van der Waals surface area contributed by atoms with Crippen LogP contribution in [0.3, 0.4) is 0 Å². The number of hydrogen-bond donors (Lipinski definition) is 0. The number of fused-ring (bicyclic) bond motifs is 1. The van der Waals surface area contributed by atoms with E-state index in [9.17, 15) is 4.79 Å². The third kappa shape index (κ3) is 3.74. The summed E-state index contributed by atoms with van der Waals surface area (Å²) in [4.78, 5) is 18.9. The van der Waals surface area contributed by atoms with E-state index in [4.69, 9.17) is 14.2 Å². The van der Waals surface area contributed by atoms with Crippen molar-refractivity contribution in [1.29, 1.82) is 0 Å². The van der Waals surface area contributed by atoms with Crippen molar-refractivity contribution in [2.24, 2.45) is 0 Å². The maximum absolute atomic E-state index is 12.9. The number of rotatable bonds is 4. The van der Waals surface area contributed by atoms with Crippen LogP contribution in [0.2, 0.25) is 0 Å². The highest BCUT2D eigenvalue weighted by Gasteiger charge is 2.51. The minimum absolute atomic E-state index is 0.0595. The van der Waals surface area contributed by atoms with Gasteiger partial charge >= 0.3 is 0 Å². The summed E-state index contributed by atoms with van der Waals surface area (Å²) in [6.07, 6.45) is 5.79. The normalized spacial score (nSPS) is 24.7. The number of hydrogen-bond acceptors (Lipinski definition) is 5. The van der Waals surface area contributed by atoms with Gasteiger partial charge in [0.2, 0.25) is 0 Å². The van der Waals surface area contributed by atoms with Crippen LogP contribution in [0.5, 0.6) is 5.75 Å². The zero-order valence-corrected chi connectivity index (χ0v) is 16.7. The first-order valence-corrected chi connectivity index (χ1v) is 10.3. The molecule has 2 aromatic rings. The van der Waals surface area contributed by atoms with Crippen LogP contribution in [0.15, 0.2) is 42.7 Å². The maximum Gasteiger partial charge on any atom is 0.264 e. The smallest absolute Gasteiger partial charge is 0.264 e. The van der Waals surface area contributed by atoms with Crippen LogP contribution < -0.4 is 4.74 Å². The molecule has 3 aliphatic heterocycles. The van der Waals surface area contributed by atoms with Gasteiger partial charge in [0.1, 0.15) is 11.4 Å². The first kappa shape index (κ1) is 18.6. The molecule has 0 saturated carbocycles. The monoisotopic (exact) mass is 394 g/mol. The molecule has 0 radical (unpaired) electrons. The molecule has 152 valence electrons. The van der Waals surface area contributed by atoms with Crippen LogP contribution >= 0.6 is 0 Å². The molecule has 1 aromatic heterocycles. The predicted molar refractivity (Wildman–Crippen MR) is 107 cm³/mol. The van der Waals surface area contributed by atoms with Crippen LogP contribution in [0, 0.1) is 6.92 Å². The van der Waals surface area contributed by atoms with Gasteiger partial charge in [-0.1, -0.05) is 24.3 Å². The number of nitrogens with zero attached hydrogens (tertiary/aromatic N) is 2. The second-order valence-corrected chi connectivity index (χ2v) is 8.44. The van der Waals surface area contributed by atoms with Crippen LogP contribution in [-0.4, -0.2) is 53.3 Å².